The van der Waals surface area contributed by atoms with Gasteiger partial charge in [0, 0.05) is 15.6 Å². The SMILES string of the molecule is COC(=O)c1sc2ccccc2c1NC(=O)c1ccc(C)c(C)c1. The number of fused-ring (bicyclic) bond motifs is 1. The zero-order chi connectivity index (χ0) is 17.3. The third-order valence-corrected chi connectivity index (χ3v) is 5.12. The van der Waals surface area contributed by atoms with Crippen molar-refractivity contribution in [2.75, 3.05) is 12.4 Å². The highest BCUT2D eigenvalue weighted by atomic mass is 32.1. The molecule has 1 N–H and O–H groups in total. The van der Waals surface area contributed by atoms with Crippen LogP contribution in [0.5, 0.6) is 0 Å². The van der Waals surface area contributed by atoms with Crippen molar-refractivity contribution in [2.45, 2.75) is 13.8 Å². The van der Waals surface area contributed by atoms with Gasteiger partial charge in [0.05, 0.1) is 12.8 Å². The number of benzene rings is 2. The Hall–Kier alpha value is -2.66. The summed E-state index contributed by atoms with van der Waals surface area (Å²) >= 11 is 1.31. The van der Waals surface area contributed by atoms with Crippen molar-refractivity contribution in [3.63, 3.8) is 0 Å². The normalized spacial score (nSPS) is 10.6. The highest BCUT2D eigenvalue weighted by Gasteiger charge is 2.21. The quantitative estimate of drug-likeness (QED) is 0.712. The van der Waals surface area contributed by atoms with E-state index < -0.39 is 5.97 Å². The van der Waals surface area contributed by atoms with Gasteiger partial charge in [-0.05, 0) is 43.2 Å². The highest BCUT2D eigenvalue weighted by Crippen LogP contribution is 2.36. The number of aryl methyl sites for hydroxylation is 2. The van der Waals surface area contributed by atoms with E-state index in [0.717, 1.165) is 21.2 Å². The van der Waals surface area contributed by atoms with Crippen LogP contribution in [0.1, 0.15) is 31.2 Å². The summed E-state index contributed by atoms with van der Waals surface area (Å²) in [4.78, 5) is 25.1. The lowest BCUT2D eigenvalue weighted by Gasteiger charge is -2.08. The van der Waals surface area contributed by atoms with E-state index in [1.54, 1.807) is 6.07 Å². The molecular weight excluding hydrogens is 322 g/mol. The molecule has 122 valence electrons. The number of nitrogens with one attached hydrogen (secondary N) is 1. The molecule has 0 atom stereocenters. The second-order valence-electron chi connectivity index (χ2n) is 5.55. The third-order valence-electron chi connectivity index (χ3n) is 3.97. The van der Waals surface area contributed by atoms with Gasteiger partial charge in [-0.2, -0.15) is 0 Å². The Bertz CT molecular complexity index is 943. The second-order valence-corrected chi connectivity index (χ2v) is 6.60. The maximum absolute atomic E-state index is 12.6. The lowest BCUT2D eigenvalue weighted by atomic mass is 10.1. The van der Waals surface area contributed by atoms with Crippen molar-refractivity contribution in [3.8, 4) is 0 Å². The number of thiophene rings is 1. The summed E-state index contributed by atoms with van der Waals surface area (Å²) in [5.74, 6) is -0.696. The van der Waals surface area contributed by atoms with Crippen molar-refractivity contribution in [1.29, 1.82) is 0 Å². The zero-order valence-electron chi connectivity index (χ0n) is 13.7. The molecule has 3 rings (SSSR count). The van der Waals surface area contributed by atoms with E-state index in [4.69, 9.17) is 4.74 Å². The molecule has 0 saturated carbocycles. The Balaban J connectivity index is 2.03. The molecule has 0 aliphatic carbocycles. The minimum absolute atomic E-state index is 0.244. The van der Waals surface area contributed by atoms with Crippen molar-refractivity contribution in [2.24, 2.45) is 0 Å². The van der Waals surface area contributed by atoms with E-state index in [0.29, 0.717) is 16.1 Å². The smallest absolute Gasteiger partial charge is 0.350 e. The van der Waals surface area contributed by atoms with Crippen LogP contribution in [0.2, 0.25) is 0 Å². The Morgan fingerprint density at radius 1 is 1.04 bits per heavy atom. The fourth-order valence-electron chi connectivity index (χ4n) is 2.47. The van der Waals surface area contributed by atoms with E-state index in [9.17, 15) is 9.59 Å². The van der Waals surface area contributed by atoms with E-state index in [1.165, 1.54) is 18.4 Å². The summed E-state index contributed by atoms with van der Waals surface area (Å²) in [6, 6.07) is 13.1. The minimum Gasteiger partial charge on any atom is -0.465 e. The van der Waals surface area contributed by atoms with Gasteiger partial charge in [0.1, 0.15) is 4.88 Å². The van der Waals surface area contributed by atoms with Gasteiger partial charge >= 0.3 is 5.97 Å². The number of hydrogen-bond acceptors (Lipinski definition) is 4. The number of methoxy groups -OCH3 is 1. The zero-order valence-corrected chi connectivity index (χ0v) is 14.5. The van der Waals surface area contributed by atoms with Crippen molar-refractivity contribution >= 4 is 39.0 Å². The van der Waals surface area contributed by atoms with E-state index >= 15 is 0 Å². The van der Waals surface area contributed by atoms with Gasteiger partial charge in [-0.1, -0.05) is 24.3 Å². The van der Waals surface area contributed by atoms with E-state index in [-0.39, 0.29) is 5.91 Å². The first kappa shape index (κ1) is 16.2. The number of ether oxygens (including phenoxy) is 1. The molecule has 0 aliphatic rings. The number of esters is 1. The lowest BCUT2D eigenvalue weighted by molar-refractivity contribution is 0.0607. The molecule has 3 aromatic rings. The van der Waals surface area contributed by atoms with Crippen LogP contribution < -0.4 is 5.32 Å². The topological polar surface area (TPSA) is 55.4 Å². The largest absolute Gasteiger partial charge is 0.465 e. The Kier molecular flexibility index (Phi) is 4.36. The molecule has 0 bridgehead atoms. The third kappa shape index (κ3) is 2.90. The number of rotatable bonds is 3. The summed E-state index contributed by atoms with van der Waals surface area (Å²) < 4.78 is 5.77. The summed E-state index contributed by atoms with van der Waals surface area (Å²) in [6.45, 7) is 3.96. The van der Waals surface area contributed by atoms with Crippen LogP contribution in [-0.2, 0) is 4.74 Å². The Morgan fingerprint density at radius 3 is 2.50 bits per heavy atom. The van der Waals surface area contributed by atoms with Crippen LogP contribution in [0.25, 0.3) is 10.1 Å². The van der Waals surface area contributed by atoms with Gasteiger partial charge in [0.2, 0.25) is 0 Å². The average molecular weight is 339 g/mol. The predicted octanol–water partition coefficient (Wildman–Crippen LogP) is 4.56. The first-order valence-corrected chi connectivity index (χ1v) is 8.31. The van der Waals surface area contributed by atoms with Gasteiger partial charge in [-0.3, -0.25) is 4.79 Å². The van der Waals surface area contributed by atoms with E-state index in [2.05, 4.69) is 5.32 Å². The predicted molar refractivity (Wildman–Crippen MR) is 97.0 cm³/mol. The summed E-state index contributed by atoms with van der Waals surface area (Å²) in [7, 11) is 1.33. The average Bonchev–Trinajstić information content (AvgIpc) is 2.95. The molecule has 1 aromatic heterocycles. The number of amides is 1. The fourth-order valence-corrected chi connectivity index (χ4v) is 3.55. The molecule has 0 aliphatic heterocycles. The molecule has 0 spiro atoms. The van der Waals surface area contributed by atoms with Crippen LogP contribution >= 0.6 is 11.3 Å². The van der Waals surface area contributed by atoms with Crippen LogP contribution in [0.3, 0.4) is 0 Å². The molecular formula is C19H17NO3S. The maximum Gasteiger partial charge on any atom is 0.350 e. The summed E-state index contributed by atoms with van der Waals surface area (Å²) in [5, 5.41) is 3.72. The summed E-state index contributed by atoms with van der Waals surface area (Å²) in [6.07, 6.45) is 0. The first-order chi connectivity index (χ1) is 11.5. The van der Waals surface area contributed by atoms with Crippen molar-refractivity contribution in [1.82, 2.24) is 0 Å². The Morgan fingerprint density at radius 2 is 1.79 bits per heavy atom. The van der Waals surface area contributed by atoms with Gasteiger partial charge in [-0.15, -0.1) is 11.3 Å². The van der Waals surface area contributed by atoms with Crippen molar-refractivity contribution in [3.05, 3.63) is 64.0 Å². The maximum atomic E-state index is 12.6. The molecule has 0 saturated heterocycles. The standard InChI is InChI=1S/C19H17NO3S/c1-11-8-9-13(10-12(11)2)18(21)20-16-14-6-4-5-7-15(14)24-17(16)19(22)23-3/h4-10H,1-3H3,(H,20,21). The fraction of sp³-hybridized carbons (Fsp3) is 0.158. The molecule has 0 unspecified atom stereocenters. The van der Waals surface area contributed by atoms with Crippen LogP contribution in [0, 0.1) is 13.8 Å². The molecule has 4 nitrogen and oxygen atoms in total. The first-order valence-electron chi connectivity index (χ1n) is 7.49. The second kappa shape index (κ2) is 6.45. The van der Waals surface area contributed by atoms with Gasteiger partial charge in [0.15, 0.2) is 0 Å². The number of carbonyl (C=O) groups excluding carboxylic acids is 2. The molecule has 5 heteroatoms. The van der Waals surface area contributed by atoms with Gasteiger partial charge in [-0.25, -0.2) is 4.79 Å². The number of carbonyl (C=O) groups is 2. The van der Waals surface area contributed by atoms with Gasteiger partial charge < -0.3 is 10.1 Å². The van der Waals surface area contributed by atoms with Crippen molar-refractivity contribution < 1.29 is 14.3 Å². The monoisotopic (exact) mass is 339 g/mol. The molecule has 1 amide bonds. The molecule has 0 fully saturated rings. The molecule has 0 radical (unpaired) electrons. The van der Waals surface area contributed by atoms with Crippen LogP contribution in [0.15, 0.2) is 42.5 Å². The molecule has 2 aromatic carbocycles. The van der Waals surface area contributed by atoms with Crippen LogP contribution in [0.4, 0.5) is 5.69 Å². The number of anilines is 1. The summed E-state index contributed by atoms with van der Waals surface area (Å²) in [5.41, 5.74) is 3.24. The highest BCUT2D eigenvalue weighted by molar-refractivity contribution is 7.21. The lowest BCUT2D eigenvalue weighted by Crippen LogP contribution is -2.14. The Labute approximate surface area is 144 Å². The van der Waals surface area contributed by atoms with E-state index in [1.807, 2.05) is 50.2 Å². The molecule has 24 heavy (non-hydrogen) atoms. The van der Waals surface area contributed by atoms with Crippen LogP contribution in [-0.4, -0.2) is 19.0 Å². The van der Waals surface area contributed by atoms with Gasteiger partial charge in [0.25, 0.3) is 5.91 Å². The number of hydrogen-bond donors (Lipinski definition) is 1. The minimum atomic E-state index is -0.452. The molecule has 1 heterocycles.